The summed E-state index contributed by atoms with van der Waals surface area (Å²) in [5, 5.41) is 10.8. The van der Waals surface area contributed by atoms with Crippen molar-refractivity contribution in [1.29, 1.82) is 0 Å². The second-order valence-corrected chi connectivity index (χ2v) is 4.76. The van der Waals surface area contributed by atoms with E-state index in [1.807, 2.05) is 12.4 Å². The van der Waals surface area contributed by atoms with Crippen LogP contribution in [0.15, 0.2) is 0 Å². The van der Waals surface area contributed by atoms with Gasteiger partial charge in [0.2, 0.25) is 0 Å². The first-order valence-corrected chi connectivity index (χ1v) is 5.11. The Bertz CT molecular complexity index is 248. The summed E-state index contributed by atoms with van der Waals surface area (Å²) in [6.07, 6.45) is 0. The molecule has 0 spiro atoms. The van der Waals surface area contributed by atoms with Crippen LogP contribution in [0.4, 0.5) is 4.79 Å². The molecule has 0 saturated heterocycles. The normalized spacial score (nSPS) is 13.0. The van der Waals surface area contributed by atoms with E-state index in [9.17, 15) is 9.59 Å². The highest BCUT2D eigenvalue weighted by molar-refractivity contribution is 5.73. The van der Waals surface area contributed by atoms with Crippen molar-refractivity contribution in [3.8, 4) is 0 Å². The fourth-order valence-corrected chi connectivity index (χ4v) is 0.751. The van der Waals surface area contributed by atoms with Gasteiger partial charge in [-0.1, -0.05) is 27.7 Å². The fourth-order valence-electron chi connectivity index (χ4n) is 0.751. The Kier molecular flexibility index (Phi) is 5.81. The van der Waals surface area contributed by atoms with Gasteiger partial charge in [0.1, 0.15) is 0 Å². The van der Waals surface area contributed by atoms with Gasteiger partial charge < -0.3 is 10.4 Å². The zero-order valence-electron chi connectivity index (χ0n) is 10.2. The lowest BCUT2D eigenvalue weighted by Gasteiger charge is -2.27. The van der Waals surface area contributed by atoms with Crippen molar-refractivity contribution >= 4 is 12.0 Å². The van der Waals surface area contributed by atoms with Gasteiger partial charge in [0.15, 0.2) is 6.61 Å². The number of aliphatic carboxylic acids is 1. The number of carbonyl (C=O) groups excluding carboxylic acids is 1. The molecule has 0 aromatic rings. The lowest BCUT2D eigenvalue weighted by atomic mass is 9.82. The average Bonchev–Trinajstić information content (AvgIpc) is 2.11. The Morgan fingerprint density at radius 3 is 2.38 bits per heavy atom. The van der Waals surface area contributed by atoms with Crippen LogP contribution in [0.5, 0.6) is 0 Å². The van der Waals surface area contributed by atoms with Crippen LogP contribution in [0, 0.1) is 11.3 Å². The summed E-state index contributed by atoms with van der Waals surface area (Å²) in [5.41, 5.74) is 2.10. The van der Waals surface area contributed by atoms with Crippen LogP contribution < -0.4 is 10.8 Å². The molecular formula is C10H20N2O4. The van der Waals surface area contributed by atoms with Crippen molar-refractivity contribution in [3.05, 3.63) is 0 Å². The van der Waals surface area contributed by atoms with Crippen LogP contribution in [0.25, 0.3) is 0 Å². The van der Waals surface area contributed by atoms with Gasteiger partial charge in [-0.05, 0) is 11.3 Å². The number of hydrogen-bond acceptors (Lipinski definition) is 3. The van der Waals surface area contributed by atoms with E-state index in [0.717, 1.165) is 0 Å². The second kappa shape index (κ2) is 6.32. The predicted molar refractivity (Wildman–Crippen MR) is 58.7 cm³/mol. The summed E-state index contributed by atoms with van der Waals surface area (Å²) in [7, 11) is 0. The Hall–Kier alpha value is -1.30. The van der Waals surface area contributed by atoms with Crippen LogP contribution >= 0.6 is 0 Å². The number of nitrogens with one attached hydrogen (secondary N) is 2. The quantitative estimate of drug-likeness (QED) is 0.617. The SMILES string of the molecule is CC(CNC(=O)NOCC(=O)O)C(C)(C)C. The molecule has 0 fully saturated rings. The fraction of sp³-hybridized carbons (Fsp3) is 0.800. The molecule has 6 heteroatoms. The number of carboxylic acids is 1. The molecule has 0 aromatic carbocycles. The van der Waals surface area contributed by atoms with Gasteiger partial charge in [0.05, 0.1) is 0 Å². The van der Waals surface area contributed by atoms with Crippen molar-refractivity contribution < 1.29 is 19.5 Å². The minimum absolute atomic E-state index is 0.106. The third kappa shape index (κ3) is 7.05. The molecule has 0 aliphatic carbocycles. The lowest BCUT2D eigenvalue weighted by molar-refractivity contribution is -0.144. The molecule has 0 radical (unpaired) electrons. The van der Waals surface area contributed by atoms with Crippen LogP contribution in [0.3, 0.4) is 0 Å². The molecule has 0 saturated carbocycles. The highest BCUT2D eigenvalue weighted by Gasteiger charge is 2.20. The van der Waals surface area contributed by atoms with Gasteiger partial charge >= 0.3 is 12.0 Å². The largest absolute Gasteiger partial charge is 0.479 e. The minimum Gasteiger partial charge on any atom is -0.479 e. The molecule has 0 bridgehead atoms. The first-order valence-electron chi connectivity index (χ1n) is 5.11. The van der Waals surface area contributed by atoms with E-state index in [2.05, 4.69) is 30.9 Å². The van der Waals surface area contributed by atoms with Gasteiger partial charge in [0, 0.05) is 6.54 Å². The minimum atomic E-state index is -1.14. The number of rotatable bonds is 5. The predicted octanol–water partition coefficient (Wildman–Crippen LogP) is 0.984. The smallest absolute Gasteiger partial charge is 0.338 e. The monoisotopic (exact) mass is 232 g/mol. The van der Waals surface area contributed by atoms with Gasteiger partial charge in [-0.2, -0.15) is 0 Å². The van der Waals surface area contributed by atoms with Crippen LogP contribution in [0.1, 0.15) is 27.7 Å². The van der Waals surface area contributed by atoms with Crippen molar-refractivity contribution in [1.82, 2.24) is 10.8 Å². The van der Waals surface area contributed by atoms with Crippen LogP contribution in [-0.2, 0) is 9.63 Å². The molecule has 2 amide bonds. The number of hydrogen-bond donors (Lipinski definition) is 3. The number of urea groups is 1. The summed E-state index contributed by atoms with van der Waals surface area (Å²) < 4.78 is 0. The summed E-state index contributed by atoms with van der Waals surface area (Å²) in [4.78, 5) is 25.6. The molecule has 94 valence electrons. The molecule has 0 aliphatic heterocycles. The lowest BCUT2D eigenvalue weighted by Crippen LogP contribution is -2.40. The van der Waals surface area contributed by atoms with Crippen molar-refractivity contribution in [3.63, 3.8) is 0 Å². The second-order valence-electron chi connectivity index (χ2n) is 4.76. The summed E-state index contributed by atoms with van der Waals surface area (Å²) >= 11 is 0. The Labute approximate surface area is 95.3 Å². The van der Waals surface area contributed by atoms with Crippen LogP contribution in [0.2, 0.25) is 0 Å². The molecule has 1 unspecified atom stereocenters. The molecule has 0 heterocycles. The Morgan fingerprint density at radius 1 is 1.38 bits per heavy atom. The topological polar surface area (TPSA) is 87.7 Å². The molecule has 16 heavy (non-hydrogen) atoms. The standard InChI is InChI=1S/C10H20N2O4/c1-7(10(2,3)4)5-11-9(15)12-16-6-8(13)14/h7H,5-6H2,1-4H3,(H,13,14)(H2,11,12,15). The molecule has 1 atom stereocenters. The van der Waals surface area contributed by atoms with Crippen molar-refractivity contribution in [2.45, 2.75) is 27.7 Å². The van der Waals surface area contributed by atoms with Gasteiger partial charge in [-0.25, -0.2) is 15.1 Å². The van der Waals surface area contributed by atoms with Crippen molar-refractivity contribution in [2.75, 3.05) is 13.2 Å². The number of carbonyl (C=O) groups is 2. The maximum atomic E-state index is 11.1. The van der Waals surface area contributed by atoms with Crippen LogP contribution in [-0.4, -0.2) is 30.3 Å². The highest BCUT2D eigenvalue weighted by Crippen LogP contribution is 2.24. The Morgan fingerprint density at radius 2 is 1.94 bits per heavy atom. The average molecular weight is 232 g/mol. The third-order valence-corrected chi connectivity index (χ3v) is 2.41. The Balaban J connectivity index is 3.70. The van der Waals surface area contributed by atoms with E-state index in [4.69, 9.17) is 5.11 Å². The molecule has 0 aromatic heterocycles. The molecular weight excluding hydrogens is 212 g/mol. The molecule has 3 N–H and O–H groups in total. The van der Waals surface area contributed by atoms with E-state index >= 15 is 0 Å². The van der Waals surface area contributed by atoms with E-state index in [0.29, 0.717) is 12.5 Å². The zero-order chi connectivity index (χ0) is 12.8. The van der Waals surface area contributed by atoms with Crippen molar-refractivity contribution in [2.24, 2.45) is 11.3 Å². The van der Waals surface area contributed by atoms with E-state index in [1.165, 1.54) is 0 Å². The first-order chi connectivity index (χ1) is 7.23. The number of amides is 2. The molecule has 0 rings (SSSR count). The summed E-state index contributed by atoms with van der Waals surface area (Å²) in [6.45, 7) is 8.22. The van der Waals surface area contributed by atoms with E-state index < -0.39 is 18.6 Å². The first kappa shape index (κ1) is 14.7. The summed E-state index contributed by atoms with van der Waals surface area (Å²) in [5.74, 6) is -0.832. The maximum Gasteiger partial charge on any atom is 0.338 e. The van der Waals surface area contributed by atoms with E-state index in [1.54, 1.807) is 0 Å². The number of hydroxylamine groups is 1. The molecule has 0 aliphatic rings. The van der Waals surface area contributed by atoms with Gasteiger partial charge in [-0.3, -0.25) is 4.84 Å². The maximum absolute atomic E-state index is 11.1. The molecule has 6 nitrogen and oxygen atoms in total. The zero-order valence-corrected chi connectivity index (χ0v) is 10.2. The van der Waals surface area contributed by atoms with Gasteiger partial charge in [0.25, 0.3) is 0 Å². The third-order valence-electron chi connectivity index (χ3n) is 2.41. The highest BCUT2D eigenvalue weighted by atomic mass is 16.7. The van der Waals surface area contributed by atoms with Gasteiger partial charge in [-0.15, -0.1) is 0 Å². The summed E-state index contributed by atoms with van der Waals surface area (Å²) in [6, 6.07) is -0.530. The number of carboxylic acid groups (broad SMARTS) is 1. The van der Waals surface area contributed by atoms with E-state index in [-0.39, 0.29) is 5.41 Å².